The van der Waals surface area contributed by atoms with Gasteiger partial charge in [-0.1, -0.05) is 12.1 Å². The van der Waals surface area contributed by atoms with E-state index in [0.717, 1.165) is 81.7 Å². The number of nitrogens with zero attached hydrogens (tertiary/aromatic N) is 7. The van der Waals surface area contributed by atoms with Gasteiger partial charge >= 0.3 is 11.9 Å². The van der Waals surface area contributed by atoms with Gasteiger partial charge in [0.25, 0.3) is 5.91 Å². The topological polar surface area (TPSA) is 156 Å². The number of halogens is 3. The number of piperidine rings is 1. The van der Waals surface area contributed by atoms with Crippen molar-refractivity contribution in [3.05, 3.63) is 82.2 Å². The van der Waals surface area contributed by atoms with Crippen molar-refractivity contribution in [1.82, 2.24) is 34.1 Å². The number of carbonyl (C=O) groups excluding carboxylic acids is 4. The summed E-state index contributed by atoms with van der Waals surface area (Å²) in [5.74, 6) is -1.45. The third-order valence-electron chi connectivity index (χ3n) is 11.6. The highest BCUT2D eigenvalue weighted by molar-refractivity contribution is 6.10. The zero-order valence-corrected chi connectivity index (χ0v) is 31.5. The number of hydrogen-bond acceptors (Lipinski definition) is 9. The van der Waals surface area contributed by atoms with Crippen molar-refractivity contribution in [2.24, 2.45) is 13.0 Å². The zero-order valence-electron chi connectivity index (χ0n) is 31.5. The van der Waals surface area contributed by atoms with Gasteiger partial charge in [-0.2, -0.15) is 18.3 Å². The number of anilines is 2. The molecule has 2 aromatic carbocycles. The molecular weight excluding hydrogens is 743 g/mol. The summed E-state index contributed by atoms with van der Waals surface area (Å²) < 4.78 is 44.6. The van der Waals surface area contributed by atoms with Gasteiger partial charge in [0, 0.05) is 63.3 Å². The highest BCUT2D eigenvalue weighted by Gasteiger charge is 2.34. The smallest absolute Gasteiger partial charge is 0.367 e. The number of hydrogen-bond donors (Lipinski definition) is 2. The minimum atomic E-state index is -4.71. The standard InChI is InChI=1S/C40H42F3N9O5/c1-23(53)27-20-29-25(19-30(27)45-37(55)28-5-3-8-34(44-28)40(41,42)43)22-51(47-29)26-11-9-24(10-12-26)21-49-15-17-50(18-16-49)31-6-4-7-32-36(31)48(2)39(57)52(32)33-13-14-35(54)46-38(33)56/h3-8,19-20,22,24,26,33H,9-18,21H2,1-2H3,(H,45,55)(H,46,54,56). The molecule has 0 bridgehead atoms. The summed E-state index contributed by atoms with van der Waals surface area (Å²) in [5, 5.41) is 10.4. The summed E-state index contributed by atoms with van der Waals surface area (Å²) >= 11 is 0. The average molecular weight is 786 g/mol. The van der Waals surface area contributed by atoms with Crippen LogP contribution >= 0.6 is 0 Å². The molecular formula is C40H42F3N9O5. The maximum Gasteiger partial charge on any atom is 0.433 e. The number of imide groups is 1. The molecule has 1 saturated carbocycles. The second kappa shape index (κ2) is 14.9. The van der Waals surface area contributed by atoms with Gasteiger partial charge in [-0.25, -0.2) is 9.78 Å². The molecule has 2 saturated heterocycles. The molecule has 57 heavy (non-hydrogen) atoms. The summed E-state index contributed by atoms with van der Waals surface area (Å²) in [6.45, 7) is 5.63. The van der Waals surface area contributed by atoms with Gasteiger partial charge in [0.1, 0.15) is 17.4 Å². The molecule has 5 aromatic rings. The van der Waals surface area contributed by atoms with Crippen LogP contribution in [-0.4, -0.2) is 85.0 Å². The first kappa shape index (κ1) is 38.1. The number of pyridine rings is 1. The Kier molecular flexibility index (Phi) is 9.96. The van der Waals surface area contributed by atoms with Crippen LogP contribution in [0.2, 0.25) is 0 Å². The van der Waals surface area contributed by atoms with E-state index in [9.17, 15) is 37.1 Å². The zero-order chi connectivity index (χ0) is 40.2. The fraction of sp³-hybridized carbons (Fsp3) is 0.425. The first-order valence-electron chi connectivity index (χ1n) is 19.2. The van der Waals surface area contributed by atoms with Gasteiger partial charge in [-0.15, -0.1) is 0 Å². The van der Waals surface area contributed by atoms with Gasteiger partial charge in [0.05, 0.1) is 34.0 Å². The van der Waals surface area contributed by atoms with Crippen LogP contribution in [0.4, 0.5) is 24.5 Å². The number of aromatic nitrogens is 5. The quantitative estimate of drug-likeness (QED) is 0.162. The molecule has 5 heterocycles. The van der Waals surface area contributed by atoms with E-state index in [-0.39, 0.29) is 47.5 Å². The highest BCUT2D eigenvalue weighted by Crippen LogP contribution is 2.36. The van der Waals surface area contributed by atoms with Crippen LogP contribution in [0, 0.1) is 5.92 Å². The number of rotatable bonds is 8. The van der Waals surface area contributed by atoms with Gasteiger partial charge in [-0.3, -0.25) is 43.2 Å². The lowest BCUT2D eigenvalue weighted by molar-refractivity contribution is -0.141. The molecule has 1 unspecified atom stereocenters. The monoisotopic (exact) mass is 785 g/mol. The molecule has 1 aliphatic carbocycles. The number of fused-ring (bicyclic) bond motifs is 2. The molecule has 17 heteroatoms. The van der Waals surface area contributed by atoms with E-state index in [1.54, 1.807) is 23.7 Å². The highest BCUT2D eigenvalue weighted by atomic mass is 19.4. The predicted octanol–water partition coefficient (Wildman–Crippen LogP) is 5.09. The summed E-state index contributed by atoms with van der Waals surface area (Å²) in [6, 6.07) is 11.5. The Labute approximate surface area is 324 Å². The number of imidazole rings is 1. The average Bonchev–Trinajstić information content (AvgIpc) is 3.72. The molecule has 8 rings (SSSR count). The second-order valence-electron chi connectivity index (χ2n) is 15.3. The molecule has 2 N–H and O–H groups in total. The first-order chi connectivity index (χ1) is 27.2. The number of aryl methyl sites for hydroxylation is 1. The Morgan fingerprint density at radius 1 is 0.947 bits per heavy atom. The number of Topliss-reactive ketones (excluding diaryl/α,β-unsaturated/α-hetero) is 1. The van der Waals surface area contributed by atoms with Crippen molar-refractivity contribution in [3.63, 3.8) is 0 Å². The van der Waals surface area contributed by atoms with Crippen molar-refractivity contribution >= 4 is 56.8 Å². The normalized spacial score (nSPS) is 20.9. The lowest BCUT2D eigenvalue weighted by atomic mass is 9.85. The Morgan fingerprint density at radius 3 is 2.39 bits per heavy atom. The van der Waals surface area contributed by atoms with Gasteiger partial charge < -0.3 is 10.2 Å². The molecule has 2 aliphatic heterocycles. The molecule has 3 amide bonds. The largest absolute Gasteiger partial charge is 0.433 e. The van der Waals surface area contributed by atoms with Crippen molar-refractivity contribution in [1.29, 1.82) is 0 Å². The fourth-order valence-corrected chi connectivity index (χ4v) is 8.61. The van der Waals surface area contributed by atoms with E-state index in [2.05, 4.69) is 25.4 Å². The maximum atomic E-state index is 13.4. The van der Waals surface area contributed by atoms with E-state index in [0.29, 0.717) is 22.3 Å². The molecule has 3 aromatic heterocycles. The summed E-state index contributed by atoms with van der Waals surface area (Å²) in [5.41, 5.74) is 1.47. The van der Waals surface area contributed by atoms with Gasteiger partial charge in [-0.05, 0) is 81.3 Å². The lowest BCUT2D eigenvalue weighted by Crippen LogP contribution is -2.48. The van der Waals surface area contributed by atoms with Crippen molar-refractivity contribution in [2.45, 2.75) is 63.7 Å². The molecule has 3 aliphatic rings. The summed E-state index contributed by atoms with van der Waals surface area (Å²) in [7, 11) is 1.72. The van der Waals surface area contributed by atoms with Crippen LogP contribution in [0.5, 0.6) is 0 Å². The van der Waals surface area contributed by atoms with E-state index in [4.69, 9.17) is 5.10 Å². The minimum Gasteiger partial charge on any atom is -0.367 e. The number of para-hydroxylation sites is 1. The van der Waals surface area contributed by atoms with E-state index < -0.39 is 35.4 Å². The minimum absolute atomic E-state index is 0.151. The third-order valence-corrected chi connectivity index (χ3v) is 11.6. The molecule has 298 valence electrons. The SMILES string of the molecule is CC(=O)c1cc2nn(C3CCC(CN4CCN(c5cccc6c5n(C)c(=O)n6C5CCC(=O)NC5=O)CC4)CC3)cc2cc1NC(=O)c1cccc(C(F)(F)F)n1. The van der Waals surface area contributed by atoms with Crippen molar-refractivity contribution in [3.8, 4) is 0 Å². The van der Waals surface area contributed by atoms with E-state index in [1.807, 2.05) is 29.1 Å². The number of benzene rings is 2. The van der Waals surface area contributed by atoms with Crippen LogP contribution in [0.25, 0.3) is 21.9 Å². The van der Waals surface area contributed by atoms with Crippen molar-refractivity contribution in [2.75, 3.05) is 42.9 Å². The number of alkyl halides is 3. The van der Waals surface area contributed by atoms with Crippen LogP contribution in [0.1, 0.15) is 84.1 Å². The number of amides is 3. The van der Waals surface area contributed by atoms with Crippen molar-refractivity contribution < 1.29 is 32.3 Å². The Morgan fingerprint density at radius 2 is 1.68 bits per heavy atom. The molecule has 3 fully saturated rings. The number of carbonyl (C=O) groups is 4. The predicted molar refractivity (Wildman–Crippen MR) is 205 cm³/mol. The number of ketones is 1. The summed E-state index contributed by atoms with van der Waals surface area (Å²) in [6.07, 6.45) is 1.52. The Balaban J connectivity index is 0.888. The van der Waals surface area contributed by atoms with Crippen LogP contribution in [-0.2, 0) is 22.8 Å². The number of nitrogens with one attached hydrogen (secondary N) is 2. The maximum absolute atomic E-state index is 13.4. The molecule has 14 nitrogen and oxygen atoms in total. The second-order valence-corrected chi connectivity index (χ2v) is 15.3. The lowest BCUT2D eigenvalue weighted by Gasteiger charge is -2.39. The van der Waals surface area contributed by atoms with Gasteiger partial charge in [0.2, 0.25) is 11.8 Å². The molecule has 0 spiro atoms. The van der Waals surface area contributed by atoms with E-state index >= 15 is 0 Å². The van der Waals surface area contributed by atoms with Crippen LogP contribution < -0.4 is 21.2 Å². The summed E-state index contributed by atoms with van der Waals surface area (Å²) in [4.78, 5) is 71.6. The molecule has 0 radical (unpaired) electrons. The van der Waals surface area contributed by atoms with Gasteiger partial charge in [0.15, 0.2) is 5.78 Å². The Bertz CT molecular complexity index is 2470. The van der Waals surface area contributed by atoms with E-state index in [1.165, 1.54) is 17.6 Å². The van der Waals surface area contributed by atoms with Crippen LogP contribution in [0.3, 0.4) is 0 Å². The first-order valence-corrected chi connectivity index (χ1v) is 19.2. The Hall–Kier alpha value is -5.84. The molecule has 1 atom stereocenters. The fourth-order valence-electron chi connectivity index (χ4n) is 8.61. The number of piperazine rings is 1. The third kappa shape index (κ3) is 7.43. The van der Waals surface area contributed by atoms with Crippen LogP contribution in [0.15, 0.2) is 59.5 Å².